The Morgan fingerprint density at radius 2 is 1.74 bits per heavy atom. The van der Waals surface area contributed by atoms with Gasteiger partial charge in [-0.1, -0.05) is 12.5 Å². The van der Waals surface area contributed by atoms with Crippen LogP contribution in [0.2, 0.25) is 0 Å². The van der Waals surface area contributed by atoms with Crippen molar-refractivity contribution in [1.29, 1.82) is 0 Å². The van der Waals surface area contributed by atoms with Crippen LogP contribution in [0.1, 0.15) is 44.1 Å². The van der Waals surface area contributed by atoms with Crippen LogP contribution in [0.5, 0.6) is 11.5 Å². The number of hydrogen-bond donors (Lipinski definition) is 0. The molecule has 128 valence electrons. The van der Waals surface area contributed by atoms with Gasteiger partial charge in [0.05, 0.1) is 6.61 Å². The van der Waals surface area contributed by atoms with E-state index in [1.807, 2.05) is 12.1 Å². The standard InChI is InChI=1S/C19H29NO3/c1-3-9-20(10-4-1)11-5-2-6-12-21-16-17-7-8-18-19(15-17)23-14-13-22-18/h7-8,15H,1-6,9-14,16H2. The van der Waals surface area contributed by atoms with E-state index in [-0.39, 0.29) is 0 Å². The molecule has 0 amide bonds. The largest absolute Gasteiger partial charge is 0.486 e. The third-order valence-electron chi connectivity index (χ3n) is 4.59. The summed E-state index contributed by atoms with van der Waals surface area (Å²) < 4.78 is 16.9. The first-order valence-corrected chi connectivity index (χ1v) is 9.10. The average molecular weight is 319 g/mol. The zero-order valence-electron chi connectivity index (χ0n) is 14.1. The lowest BCUT2D eigenvalue weighted by Gasteiger charge is -2.26. The average Bonchev–Trinajstić information content (AvgIpc) is 2.61. The molecular weight excluding hydrogens is 290 g/mol. The Kier molecular flexibility index (Phi) is 6.59. The van der Waals surface area contributed by atoms with Gasteiger partial charge in [-0.25, -0.2) is 0 Å². The zero-order chi connectivity index (χ0) is 15.7. The van der Waals surface area contributed by atoms with Gasteiger partial charge in [-0.3, -0.25) is 0 Å². The molecule has 0 aromatic heterocycles. The fraction of sp³-hybridized carbons (Fsp3) is 0.684. The van der Waals surface area contributed by atoms with Crippen molar-refractivity contribution in [2.45, 2.75) is 45.1 Å². The predicted octanol–water partition coefficient (Wildman–Crippen LogP) is 3.63. The zero-order valence-corrected chi connectivity index (χ0v) is 14.1. The van der Waals surface area contributed by atoms with Crippen LogP contribution >= 0.6 is 0 Å². The molecule has 0 atom stereocenters. The molecule has 1 saturated heterocycles. The normalized spacial score (nSPS) is 18.1. The van der Waals surface area contributed by atoms with Crippen LogP contribution in [0.3, 0.4) is 0 Å². The molecule has 2 aliphatic heterocycles. The fourth-order valence-electron chi connectivity index (χ4n) is 3.27. The maximum absolute atomic E-state index is 5.79. The van der Waals surface area contributed by atoms with Crippen LogP contribution in [0.25, 0.3) is 0 Å². The molecule has 4 nitrogen and oxygen atoms in total. The van der Waals surface area contributed by atoms with E-state index in [1.165, 1.54) is 51.7 Å². The summed E-state index contributed by atoms with van der Waals surface area (Å²) in [4.78, 5) is 2.61. The minimum absolute atomic E-state index is 0.633. The van der Waals surface area contributed by atoms with E-state index >= 15 is 0 Å². The highest BCUT2D eigenvalue weighted by molar-refractivity contribution is 5.43. The summed E-state index contributed by atoms with van der Waals surface area (Å²) in [5.41, 5.74) is 1.16. The Bertz CT molecular complexity index is 472. The summed E-state index contributed by atoms with van der Waals surface area (Å²) in [6, 6.07) is 6.07. The number of hydrogen-bond acceptors (Lipinski definition) is 4. The molecule has 0 bridgehead atoms. The van der Waals surface area contributed by atoms with Crippen molar-refractivity contribution >= 4 is 0 Å². The fourth-order valence-corrected chi connectivity index (χ4v) is 3.27. The lowest BCUT2D eigenvalue weighted by molar-refractivity contribution is 0.114. The van der Waals surface area contributed by atoms with Crippen molar-refractivity contribution in [1.82, 2.24) is 4.90 Å². The van der Waals surface area contributed by atoms with Crippen LogP contribution in [0, 0.1) is 0 Å². The smallest absolute Gasteiger partial charge is 0.161 e. The minimum Gasteiger partial charge on any atom is -0.486 e. The Morgan fingerprint density at radius 3 is 2.61 bits per heavy atom. The minimum atomic E-state index is 0.633. The van der Waals surface area contributed by atoms with Crippen LogP contribution < -0.4 is 9.47 Å². The summed E-state index contributed by atoms with van der Waals surface area (Å²) >= 11 is 0. The summed E-state index contributed by atoms with van der Waals surface area (Å²) in [5, 5.41) is 0. The van der Waals surface area contributed by atoms with E-state index in [0.717, 1.165) is 30.1 Å². The lowest BCUT2D eigenvalue weighted by atomic mass is 10.1. The number of nitrogens with zero attached hydrogens (tertiary/aromatic N) is 1. The first kappa shape index (κ1) is 16.6. The van der Waals surface area contributed by atoms with Crippen molar-refractivity contribution in [2.75, 3.05) is 39.5 Å². The van der Waals surface area contributed by atoms with Crippen LogP contribution in [0.15, 0.2) is 18.2 Å². The Hall–Kier alpha value is -1.26. The molecule has 0 radical (unpaired) electrons. The van der Waals surface area contributed by atoms with Crippen molar-refractivity contribution in [3.05, 3.63) is 23.8 Å². The van der Waals surface area contributed by atoms with Gasteiger partial charge in [0.15, 0.2) is 11.5 Å². The van der Waals surface area contributed by atoms with E-state index in [1.54, 1.807) is 0 Å². The predicted molar refractivity (Wildman–Crippen MR) is 91.2 cm³/mol. The number of fused-ring (bicyclic) bond motifs is 1. The van der Waals surface area contributed by atoms with Crippen LogP contribution in [0.4, 0.5) is 0 Å². The summed E-state index contributed by atoms with van der Waals surface area (Å²) in [6.45, 7) is 6.65. The first-order valence-electron chi connectivity index (χ1n) is 9.10. The molecule has 1 aromatic rings. The molecule has 2 heterocycles. The Balaban J connectivity index is 1.25. The van der Waals surface area contributed by atoms with E-state index in [0.29, 0.717) is 19.8 Å². The van der Waals surface area contributed by atoms with Gasteiger partial charge in [0.2, 0.25) is 0 Å². The summed E-state index contributed by atoms with van der Waals surface area (Å²) in [5.74, 6) is 1.69. The van der Waals surface area contributed by atoms with Gasteiger partial charge in [-0.2, -0.15) is 0 Å². The Morgan fingerprint density at radius 1 is 0.913 bits per heavy atom. The van der Waals surface area contributed by atoms with Gasteiger partial charge < -0.3 is 19.1 Å². The lowest BCUT2D eigenvalue weighted by Crippen LogP contribution is -2.30. The van der Waals surface area contributed by atoms with Crippen LogP contribution in [-0.2, 0) is 11.3 Å². The molecule has 4 heteroatoms. The number of unbranched alkanes of at least 4 members (excludes halogenated alkanes) is 2. The van der Waals surface area contributed by atoms with E-state index < -0.39 is 0 Å². The molecule has 2 aliphatic rings. The third-order valence-corrected chi connectivity index (χ3v) is 4.59. The number of ether oxygens (including phenoxy) is 3. The number of piperidine rings is 1. The second kappa shape index (κ2) is 9.14. The second-order valence-electron chi connectivity index (χ2n) is 6.49. The van der Waals surface area contributed by atoms with E-state index in [4.69, 9.17) is 14.2 Å². The van der Waals surface area contributed by atoms with Crippen LogP contribution in [-0.4, -0.2) is 44.4 Å². The summed E-state index contributed by atoms with van der Waals surface area (Å²) in [7, 11) is 0. The van der Waals surface area contributed by atoms with Crippen molar-refractivity contribution in [3.8, 4) is 11.5 Å². The second-order valence-corrected chi connectivity index (χ2v) is 6.49. The van der Waals surface area contributed by atoms with Gasteiger partial charge in [0.25, 0.3) is 0 Å². The molecule has 0 saturated carbocycles. The summed E-state index contributed by atoms with van der Waals surface area (Å²) in [6.07, 6.45) is 7.91. The van der Waals surface area contributed by atoms with Gasteiger partial charge in [-0.15, -0.1) is 0 Å². The number of rotatable bonds is 8. The molecule has 1 aromatic carbocycles. The highest BCUT2D eigenvalue weighted by Gasteiger charge is 2.11. The SMILES string of the molecule is c1cc2c(cc1COCCCCCN1CCCCC1)OCCO2. The Labute approximate surface area is 139 Å². The van der Waals surface area contributed by atoms with Gasteiger partial charge in [-0.05, 0) is 69.4 Å². The van der Waals surface area contributed by atoms with Gasteiger partial charge in [0, 0.05) is 6.61 Å². The number of likely N-dealkylation sites (tertiary alicyclic amines) is 1. The topological polar surface area (TPSA) is 30.9 Å². The van der Waals surface area contributed by atoms with Crippen molar-refractivity contribution in [2.24, 2.45) is 0 Å². The van der Waals surface area contributed by atoms with Gasteiger partial charge in [0.1, 0.15) is 13.2 Å². The quantitative estimate of drug-likeness (QED) is 0.685. The molecule has 23 heavy (non-hydrogen) atoms. The van der Waals surface area contributed by atoms with Crippen molar-refractivity contribution in [3.63, 3.8) is 0 Å². The molecular formula is C19H29NO3. The molecule has 0 unspecified atom stereocenters. The molecule has 1 fully saturated rings. The monoisotopic (exact) mass is 319 g/mol. The van der Waals surface area contributed by atoms with E-state index in [9.17, 15) is 0 Å². The third kappa shape index (κ3) is 5.40. The van der Waals surface area contributed by atoms with Crippen molar-refractivity contribution < 1.29 is 14.2 Å². The molecule has 0 N–H and O–H groups in total. The highest BCUT2D eigenvalue weighted by atomic mass is 16.6. The maximum atomic E-state index is 5.79. The molecule has 0 aliphatic carbocycles. The molecule has 0 spiro atoms. The maximum Gasteiger partial charge on any atom is 0.161 e. The highest BCUT2D eigenvalue weighted by Crippen LogP contribution is 2.30. The van der Waals surface area contributed by atoms with Gasteiger partial charge >= 0.3 is 0 Å². The van der Waals surface area contributed by atoms with E-state index in [2.05, 4.69) is 11.0 Å². The molecule has 3 rings (SSSR count). The number of benzene rings is 1. The first-order chi connectivity index (χ1) is 11.4.